The van der Waals surface area contributed by atoms with Crippen molar-refractivity contribution in [1.29, 1.82) is 0 Å². The molecule has 1 atom stereocenters. The topological polar surface area (TPSA) is 45.5 Å². The van der Waals surface area contributed by atoms with Gasteiger partial charge in [0, 0.05) is 24.8 Å². The van der Waals surface area contributed by atoms with Crippen molar-refractivity contribution in [3.8, 4) is 5.75 Å². The minimum absolute atomic E-state index is 0.118. The summed E-state index contributed by atoms with van der Waals surface area (Å²) in [6, 6.07) is 2.07. The van der Waals surface area contributed by atoms with Gasteiger partial charge in [-0.15, -0.1) is 0 Å². The van der Waals surface area contributed by atoms with Gasteiger partial charge in [-0.25, -0.2) is 0 Å². The standard InChI is InChI=1S/C13H20N2O2/c1-10-13(17)12(16)6-9-15(10)8-5-11-4-3-7-14(11)2/h6,9,11,17H,3-5,7-8H2,1-2H3. The van der Waals surface area contributed by atoms with E-state index in [1.165, 1.54) is 25.5 Å². The third-order valence-corrected chi connectivity index (χ3v) is 3.79. The molecule has 0 aromatic carbocycles. The molecule has 1 N–H and O–H groups in total. The second kappa shape index (κ2) is 4.92. The first-order chi connectivity index (χ1) is 8.09. The zero-order valence-corrected chi connectivity index (χ0v) is 10.5. The van der Waals surface area contributed by atoms with E-state index in [1.807, 2.05) is 4.57 Å². The minimum Gasteiger partial charge on any atom is -0.503 e. The van der Waals surface area contributed by atoms with Gasteiger partial charge in [0.05, 0.1) is 5.69 Å². The van der Waals surface area contributed by atoms with Crippen molar-refractivity contribution in [2.45, 2.75) is 38.8 Å². The Bertz CT molecular complexity index is 453. The van der Waals surface area contributed by atoms with Crippen LogP contribution >= 0.6 is 0 Å². The van der Waals surface area contributed by atoms with Crippen LogP contribution in [0.15, 0.2) is 17.1 Å². The average molecular weight is 236 g/mol. The monoisotopic (exact) mass is 236 g/mol. The van der Waals surface area contributed by atoms with Crippen LogP contribution in [0.25, 0.3) is 0 Å². The number of aryl methyl sites for hydroxylation is 1. The van der Waals surface area contributed by atoms with Gasteiger partial charge in [0.1, 0.15) is 0 Å². The number of likely N-dealkylation sites (tertiary alicyclic amines) is 1. The van der Waals surface area contributed by atoms with Gasteiger partial charge >= 0.3 is 0 Å². The Morgan fingerprint density at radius 1 is 1.53 bits per heavy atom. The van der Waals surface area contributed by atoms with Crippen LogP contribution in [-0.4, -0.2) is 34.2 Å². The first-order valence-corrected chi connectivity index (χ1v) is 6.19. The third-order valence-electron chi connectivity index (χ3n) is 3.79. The van der Waals surface area contributed by atoms with Crippen LogP contribution < -0.4 is 5.43 Å². The molecule has 1 unspecified atom stereocenters. The summed E-state index contributed by atoms with van der Waals surface area (Å²) in [7, 11) is 2.16. The van der Waals surface area contributed by atoms with Crippen LogP contribution in [-0.2, 0) is 6.54 Å². The van der Waals surface area contributed by atoms with Crippen molar-refractivity contribution in [3.05, 3.63) is 28.2 Å². The molecule has 0 spiro atoms. The first-order valence-electron chi connectivity index (χ1n) is 6.19. The molecule has 1 aromatic rings. The van der Waals surface area contributed by atoms with Crippen LogP contribution in [0.3, 0.4) is 0 Å². The molecular formula is C13H20N2O2. The largest absolute Gasteiger partial charge is 0.503 e. The molecule has 1 aliphatic rings. The van der Waals surface area contributed by atoms with Crippen LogP contribution in [0.5, 0.6) is 5.75 Å². The molecule has 94 valence electrons. The fourth-order valence-corrected chi connectivity index (χ4v) is 2.54. The van der Waals surface area contributed by atoms with Crippen LogP contribution in [0.2, 0.25) is 0 Å². The number of nitrogens with zero attached hydrogens (tertiary/aromatic N) is 2. The second-order valence-corrected chi connectivity index (χ2v) is 4.87. The molecule has 0 aliphatic carbocycles. The quantitative estimate of drug-likeness (QED) is 0.861. The van der Waals surface area contributed by atoms with Gasteiger partial charge < -0.3 is 14.6 Å². The minimum atomic E-state index is -0.295. The fourth-order valence-electron chi connectivity index (χ4n) is 2.54. The van der Waals surface area contributed by atoms with E-state index < -0.39 is 0 Å². The van der Waals surface area contributed by atoms with Crippen LogP contribution in [0.1, 0.15) is 25.0 Å². The summed E-state index contributed by atoms with van der Waals surface area (Å²) < 4.78 is 1.96. The maximum atomic E-state index is 11.2. The second-order valence-electron chi connectivity index (χ2n) is 4.87. The number of rotatable bonds is 3. The van der Waals surface area contributed by atoms with E-state index in [0.717, 1.165) is 13.0 Å². The highest BCUT2D eigenvalue weighted by Gasteiger charge is 2.20. The predicted octanol–water partition coefficient (Wildman–Crippen LogP) is 1.35. The number of hydrogen-bond acceptors (Lipinski definition) is 3. The Morgan fingerprint density at radius 2 is 2.29 bits per heavy atom. The van der Waals surface area contributed by atoms with E-state index >= 15 is 0 Å². The Balaban J connectivity index is 2.04. The molecule has 1 aromatic heterocycles. The SMILES string of the molecule is Cc1c(O)c(=O)ccn1CCC1CCCN1C. The lowest BCUT2D eigenvalue weighted by Crippen LogP contribution is -2.26. The lowest BCUT2D eigenvalue weighted by molar-refractivity contribution is 0.285. The maximum absolute atomic E-state index is 11.2. The van der Waals surface area contributed by atoms with E-state index in [0.29, 0.717) is 11.7 Å². The van der Waals surface area contributed by atoms with Gasteiger partial charge in [0.2, 0.25) is 5.43 Å². The average Bonchev–Trinajstić information content (AvgIpc) is 2.71. The molecule has 17 heavy (non-hydrogen) atoms. The van der Waals surface area contributed by atoms with Crippen molar-refractivity contribution in [2.75, 3.05) is 13.6 Å². The lowest BCUT2D eigenvalue weighted by atomic mass is 10.1. The molecule has 0 saturated carbocycles. The summed E-state index contributed by atoms with van der Waals surface area (Å²) in [5, 5.41) is 9.59. The van der Waals surface area contributed by atoms with Crippen molar-refractivity contribution < 1.29 is 5.11 Å². The molecular weight excluding hydrogens is 216 g/mol. The van der Waals surface area contributed by atoms with Gasteiger partial charge in [0.15, 0.2) is 5.75 Å². The lowest BCUT2D eigenvalue weighted by Gasteiger charge is -2.20. The van der Waals surface area contributed by atoms with Gasteiger partial charge in [-0.2, -0.15) is 0 Å². The summed E-state index contributed by atoms with van der Waals surface area (Å²) in [6.07, 6.45) is 5.36. The molecule has 1 saturated heterocycles. The number of hydrogen-bond donors (Lipinski definition) is 1. The summed E-state index contributed by atoms with van der Waals surface area (Å²) in [4.78, 5) is 13.6. The Labute approximate surface area is 101 Å². The molecule has 2 rings (SSSR count). The summed E-state index contributed by atoms with van der Waals surface area (Å²) in [6.45, 7) is 3.82. The van der Waals surface area contributed by atoms with Crippen molar-refractivity contribution in [3.63, 3.8) is 0 Å². The zero-order valence-electron chi connectivity index (χ0n) is 10.5. The first kappa shape index (κ1) is 12.2. The molecule has 4 heteroatoms. The maximum Gasteiger partial charge on any atom is 0.223 e. The van der Waals surface area contributed by atoms with E-state index in [1.54, 1.807) is 13.1 Å². The predicted molar refractivity (Wildman–Crippen MR) is 67.4 cm³/mol. The molecule has 2 heterocycles. The van der Waals surface area contributed by atoms with Gasteiger partial charge in [0.25, 0.3) is 0 Å². The highest BCUT2D eigenvalue weighted by atomic mass is 16.3. The highest BCUT2D eigenvalue weighted by molar-refractivity contribution is 5.25. The van der Waals surface area contributed by atoms with E-state index in [9.17, 15) is 9.90 Å². The van der Waals surface area contributed by atoms with Gasteiger partial charge in [-0.05, 0) is 39.8 Å². The fraction of sp³-hybridized carbons (Fsp3) is 0.615. The molecule has 0 bridgehead atoms. The summed E-state index contributed by atoms with van der Waals surface area (Å²) in [5.74, 6) is -0.118. The smallest absolute Gasteiger partial charge is 0.223 e. The Hall–Kier alpha value is -1.29. The van der Waals surface area contributed by atoms with E-state index in [-0.39, 0.29) is 11.2 Å². The van der Waals surface area contributed by atoms with Crippen LogP contribution in [0.4, 0.5) is 0 Å². The van der Waals surface area contributed by atoms with Crippen molar-refractivity contribution in [1.82, 2.24) is 9.47 Å². The Morgan fingerprint density at radius 3 is 2.94 bits per heavy atom. The summed E-state index contributed by atoms with van der Waals surface area (Å²) in [5.41, 5.74) is 0.370. The summed E-state index contributed by atoms with van der Waals surface area (Å²) >= 11 is 0. The Kier molecular flexibility index (Phi) is 3.52. The molecule has 1 fully saturated rings. The molecule has 0 radical (unpaired) electrons. The van der Waals surface area contributed by atoms with E-state index in [4.69, 9.17) is 0 Å². The molecule has 4 nitrogen and oxygen atoms in total. The highest BCUT2D eigenvalue weighted by Crippen LogP contribution is 2.19. The molecule has 1 aliphatic heterocycles. The third kappa shape index (κ3) is 2.52. The van der Waals surface area contributed by atoms with E-state index in [2.05, 4.69) is 11.9 Å². The number of aromatic nitrogens is 1. The van der Waals surface area contributed by atoms with Crippen LogP contribution in [0, 0.1) is 6.92 Å². The number of aromatic hydroxyl groups is 1. The van der Waals surface area contributed by atoms with Crippen molar-refractivity contribution in [2.24, 2.45) is 0 Å². The molecule has 0 amide bonds. The normalized spacial score (nSPS) is 20.9. The van der Waals surface area contributed by atoms with Crippen molar-refractivity contribution >= 4 is 0 Å². The van der Waals surface area contributed by atoms with Gasteiger partial charge in [-0.3, -0.25) is 4.79 Å². The van der Waals surface area contributed by atoms with Gasteiger partial charge in [-0.1, -0.05) is 0 Å². The number of pyridine rings is 1. The zero-order chi connectivity index (χ0) is 12.4.